The van der Waals surface area contributed by atoms with E-state index in [2.05, 4.69) is 308 Å². The molecular formula is C78H198O13Si22. The van der Waals surface area contributed by atoms with Crippen LogP contribution in [-0.4, -0.2) is 202 Å². The highest BCUT2D eigenvalue weighted by atomic mass is 28.5. The molecule has 0 aromatic heterocycles. The summed E-state index contributed by atoms with van der Waals surface area (Å²) in [5.41, 5.74) is 0.896. The van der Waals surface area contributed by atoms with Crippen LogP contribution in [0.3, 0.4) is 0 Å². The molecule has 0 bridgehead atoms. The van der Waals surface area contributed by atoms with Crippen molar-refractivity contribution in [2.45, 2.75) is 455 Å². The van der Waals surface area contributed by atoms with Gasteiger partial charge in [0.1, 0.15) is 5.76 Å². The number of rotatable bonds is 64. The molecule has 0 saturated heterocycles. The molecule has 0 aromatic carbocycles. The van der Waals surface area contributed by atoms with Gasteiger partial charge in [-0.1, -0.05) is 32.9 Å². The SMILES string of the molecule is C=C(C)C(=C)OCCC[Si](C)(C)O[Si](C)(C)CC[Si](C)(C)O[Si](C)(C)CC[Si](C)(C)O[Si](C)(C)CC[Si](C)(C)O[Si](C)(C)CC[Si](C)(C)O[Si](C)(C)CC[Si](C)(C)O[Si](C)(C)CC[Si](C)(C)O[Si](C)(C)CC[Si](C)(C)O[Si](C)(C)CC[Si](C)(C)O[Si](C)(C)CC[Si](C)(C)O[Si](C)(C)CC[Si](C)(C)O[Si](C)(C)COCCCCC. The Morgan fingerprint density at radius 1 is 0.186 bits per heavy atom. The molecule has 0 unspecified atom stereocenters. The third-order valence-electron chi connectivity index (χ3n) is 22.4. The van der Waals surface area contributed by atoms with Crippen LogP contribution >= 0.6 is 0 Å². The lowest BCUT2D eigenvalue weighted by Gasteiger charge is -2.41. The van der Waals surface area contributed by atoms with Crippen LogP contribution in [0.5, 0.6) is 0 Å². The molecule has 35 heteroatoms. The lowest BCUT2D eigenvalue weighted by atomic mass is 10.3. The topological polar surface area (TPSA) is 120 Å². The van der Waals surface area contributed by atoms with Crippen molar-refractivity contribution in [2.75, 3.05) is 19.4 Å². The largest absolute Gasteiger partial charge is 0.494 e. The molecule has 0 saturated carbocycles. The van der Waals surface area contributed by atoms with Crippen molar-refractivity contribution in [3.8, 4) is 0 Å². The van der Waals surface area contributed by atoms with E-state index < -0.39 is 183 Å². The first-order chi connectivity index (χ1) is 49.7. The third kappa shape index (κ3) is 58.5. The summed E-state index contributed by atoms with van der Waals surface area (Å²) in [4.78, 5) is 0. The molecule has 676 valence electrons. The molecule has 0 N–H and O–H groups in total. The fourth-order valence-corrected chi connectivity index (χ4v) is 141. The second kappa shape index (κ2) is 45.5. The van der Waals surface area contributed by atoms with Crippen molar-refractivity contribution in [3.05, 3.63) is 24.5 Å². The summed E-state index contributed by atoms with van der Waals surface area (Å²) in [5.74, 6) is 0.698. The Bertz CT molecular complexity index is 2810. The van der Waals surface area contributed by atoms with Gasteiger partial charge in [0.05, 0.1) is 12.8 Å². The van der Waals surface area contributed by atoms with E-state index in [1.165, 1.54) is 128 Å². The second-order valence-electron chi connectivity index (χ2n) is 48.8. The van der Waals surface area contributed by atoms with Gasteiger partial charge in [-0.05, 0) is 440 Å². The predicted molar refractivity (Wildman–Crippen MR) is 562 cm³/mol. The van der Waals surface area contributed by atoms with Crippen LogP contribution in [0.15, 0.2) is 24.5 Å². The average molecular weight is 1960 g/mol. The van der Waals surface area contributed by atoms with Crippen molar-refractivity contribution in [1.82, 2.24) is 0 Å². The number of ether oxygens (including phenoxy) is 2. The zero-order valence-corrected chi connectivity index (χ0v) is 107. The smallest absolute Gasteiger partial charge is 0.199 e. The fourth-order valence-electron chi connectivity index (χ4n) is 16.9. The van der Waals surface area contributed by atoms with Crippen molar-refractivity contribution < 1.29 is 54.7 Å². The molecule has 13 nitrogen and oxygen atoms in total. The zero-order chi connectivity index (χ0) is 89.1. The molecule has 0 radical (unpaired) electrons. The number of allylic oxidation sites excluding steroid dienone is 1. The first-order valence-corrected chi connectivity index (χ1v) is 114. The quantitative estimate of drug-likeness (QED) is 0.0249. The Balaban J connectivity index is 5.36. The maximum absolute atomic E-state index is 7.43. The van der Waals surface area contributed by atoms with Crippen LogP contribution < -0.4 is 0 Å². The van der Waals surface area contributed by atoms with Gasteiger partial charge in [-0.2, -0.15) is 0 Å². The summed E-state index contributed by atoms with van der Waals surface area (Å²) in [6, 6.07) is 24.6. The number of hydrogen-bond donors (Lipinski definition) is 0. The van der Waals surface area contributed by atoms with Gasteiger partial charge >= 0.3 is 0 Å². The molecular weight excluding hydrogens is 1760 g/mol. The Hall–Kier alpha value is 3.57. The summed E-state index contributed by atoms with van der Waals surface area (Å²) in [5, 5.41) is 0. The fraction of sp³-hybridized carbons (Fsp3) is 0.949. The maximum Gasteiger partial charge on any atom is 0.199 e. The van der Waals surface area contributed by atoms with Crippen molar-refractivity contribution in [3.63, 3.8) is 0 Å². The van der Waals surface area contributed by atoms with E-state index >= 15 is 0 Å². The second-order valence-corrected chi connectivity index (χ2v) is 146. The van der Waals surface area contributed by atoms with E-state index in [1.807, 2.05) is 6.92 Å². The van der Waals surface area contributed by atoms with Gasteiger partial charge in [-0.3, -0.25) is 0 Å². The number of hydrogen-bond acceptors (Lipinski definition) is 13. The minimum atomic E-state index is -1.95. The van der Waals surface area contributed by atoms with Gasteiger partial charge in [0.15, 0.2) is 183 Å². The highest BCUT2D eigenvalue weighted by molar-refractivity contribution is 6.95. The van der Waals surface area contributed by atoms with Gasteiger partial charge < -0.3 is 54.7 Å². The third-order valence-corrected chi connectivity index (χ3v) is 108. The molecule has 0 heterocycles. The highest BCUT2D eigenvalue weighted by Crippen LogP contribution is 2.40. The highest BCUT2D eigenvalue weighted by Gasteiger charge is 2.48. The first kappa shape index (κ1) is 117. The van der Waals surface area contributed by atoms with Crippen LogP contribution in [0, 0.1) is 0 Å². The van der Waals surface area contributed by atoms with Crippen molar-refractivity contribution in [2.24, 2.45) is 0 Å². The van der Waals surface area contributed by atoms with Gasteiger partial charge in [0.2, 0.25) is 0 Å². The van der Waals surface area contributed by atoms with Crippen LogP contribution in [0.1, 0.15) is 39.5 Å². The Morgan fingerprint density at radius 2 is 0.327 bits per heavy atom. The van der Waals surface area contributed by atoms with E-state index in [9.17, 15) is 0 Å². The maximum atomic E-state index is 7.43. The van der Waals surface area contributed by atoms with Crippen LogP contribution in [0.2, 0.25) is 415 Å². The van der Waals surface area contributed by atoms with Gasteiger partial charge in [-0.25, -0.2) is 0 Å². The number of unbranched alkanes of at least 4 members (excludes halogenated alkanes) is 2. The summed E-state index contributed by atoms with van der Waals surface area (Å²) >= 11 is 0. The molecule has 0 aliphatic heterocycles. The lowest BCUT2D eigenvalue weighted by Crippen LogP contribution is -2.51. The monoisotopic (exact) mass is 1960 g/mol. The predicted octanol–water partition coefficient (Wildman–Crippen LogP) is 29.9. The molecule has 0 aromatic rings. The van der Waals surface area contributed by atoms with Gasteiger partial charge in [0, 0.05) is 6.61 Å². The Kier molecular flexibility index (Phi) is 47.0. The van der Waals surface area contributed by atoms with Crippen LogP contribution in [0.25, 0.3) is 0 Å². The van der Waals surface area contributed by atoms with E-state index in [4.69, 9.17) is 54.7 Å². The molecule has 0 atom stereocenters. The summed E-state index contributed by atoms with van der Waals surface area (Å²) in [6.45, 7) is 122. The molecule has 0 fully saturated rings. The van der Waals surface area contributed by atoms with E-state index in [0.29, 0.717) is 12.4 Å². The average Bonchev–Trinajstić information content (AvgIpc) is 0.833. The van der Waals surface area contributed by atoms with Crippen LogP contribution in [0.4, 0.5) is 0 Å². The Morgan fingerprint density at radius 3 is 0.469 bits per heavy atom. The Labute approximate surface area is 729 Å². The van der Waals surface area contributed by atoms with Crippen molar-refractivity contribution >= 4 is 183 Å². The summed E-state index contributed by atoms with van der Waals surface area (Å²) in [6.07, 6.45) is 5.42. The van der Waals surface area contributed by atoms with E-state index in [1.54, 1.807) is 0 Å². The molecule has 0 amide bonds. The first-order valence-electron chi connectivity index (χ1n) is 45.0. The molecule has 0 spiro atoms. The van der Waals surface area contributed by atoms with E-state index in [0.717, 1.165) is 43.3 Å². The minimum Gasteiger partial charge on any atom is -0.494 e. The van der Waals surface area contributed by atoms with Crippen molar-refractivity contribution in [1.29, 1.82) is 0 Å². The molecule has 0 rings (SSSR count). The minimum absolute atomic E-state index is 0.681. The summed E-state index contributed by atoms with van der Waals surface area (Å²) in [7, 11) is -42.1. The lowest BCUT2D eigenvalue weighted by molar-refractivity contribution is 0.159. The van der Waals surface area contributed by atoms with Gasteiger partial charge in [0.25, 0.3) is 0 Å². The molecule has 0 aliphatic carbocycles. The van der Waals surface area contributed by atoms with Gasteiger partial charge in [-0.15, -0.1) is 0 Å². The molecule has 0 aliphatic rings. The van der Waals surface area contributed by atoms with E-state index in [-0.39, 0.29) is 0 Å². The summed E-state index contributed by atoms with van der Waals surface area (Å²) < 4.78 is 92.4. The standard InChI is InChI=1S/C78H198O13Si22/c1-49-50-51-53-79-76-113(47,48)91-112(45,46)75-74-111(43,44)90-110(41,42)73-72-109(39,40)89-108(37,38)71-70-107(35,36)88-106(33,34)69-68-105(31,32)87-104(29,30)67-66-103(27,28)86-102(25,26)65-64-101(23,24)85-100(21,22)63-62-99(19,20)84-98(17,18)61-60-97(15,16)83-96(13,14)59-58-95(11,12)82-94(9,10)57-56-93(7,8)81-92(5,6)55-52-54-80-78(4)77(2)3/h2,4,49-76H2,1,3,5-48H3. The van der Waals surface area contributed by atoms with Crippen LogP contribution in [-0.2, 0) is 54.7 Å². The molecule has 113 heavy (non-hydrogen) atoms. The zero-order valence-electron chi connectivity index (χ0n) is 84.5. The normalized spacial score (nSPS) is 15.2.